The number of hydrogen-bond acceptors (Lipinski definition) is 4. The lowest BCUT2D eigenvalue weighted by Crippen LogP contribution is -1.91. The van der Waals surface area contributed by atoms with E-state index in [1.165, 1.54) is 0 Å². The van der Waals surface area contributed by atoms with Gasteiger partial charge in [-0.2, -0.15) is 4.98 Å². The van der Waals surface area contributed by atoms with Gasteiger partial charge in [-0.15, -0.1) is 0 Å². The van der Waals surface area contributed by atoms with Gasteiger partial charge in [0.25, 0.3) is 6.01 Å². The summed E-state index contributed by atoms with van der Waals surface area (Å²) in [6, 6.07) is 7.65. The van der Waals surface area contributed by atoms with Gasteiger partial charge >= 0.3 is 0 Å². The second-order valence-electron chi connectivity index (χ2n) is 3.04. The molecule has 0 atom stereocenters. The van der Waals surface area contributed by atoms with E-state index in [0.717, 1.165) is 5.56 Å². The summed E-state index contributed by atoms with van der Waals surface area (Å²) in [7, 11) is 0. The maximum Gasteiger partial charge on any atom is 0.292 e. The van der Waals surface area contributed by atoms with Gasteiger partial charge in [0.1, 0.15) is 11.5 Å². The summed E-state index contributed by atoms with van der Waals surface area (Å²) in [6.07, 6.45) is 0. The molecule has 1 heterocycles. The van der Waals surface area contributed by atoms with Crippen molar-refractivity contribution in [3.63, 3.8) is 0 Å². The zero-order valence-electron chi connectivity index (χ0n) is 7.82. The van der Waals surface area contributed by atoms with Crippen LogP contribution in [0.25, 0.3) is 11.3 Å². The Balaban J connectivity index is 2.60. The van der Waals surface area contributed by atoms with Crippen molar-refractivity contribution in [3.8, 4) is 11.3 Å². The van der Waals surface area contributed by atoms with E-state index in [2.05, 4.69) is 4.98 Å². The third-order valence-corrected chi connectivity index (χ3v) is 2.03. The molecule has 4 N–H and O–H groups in total. The van der Waals surface area contributed by atoms with Crippen LogP contribution in [0.3, 0.4) is 0 Å². The SMILES string of the molecule is Cc1oc(N)nc1-c1ccccc1N. The molecule has 4 nitrogen and oxygen atoms in total. The van der Waals surface area contributed by atoms with E-state index in [9.17, 15) is 0 Å². The average Bonchev–Trinajstić information content (AvgIpc) is 2.46. The molecule has 0 radical (unpaired) electrons. The van der Waals surface area contributed by atoms with Crippen molar-refractivity contribution < 1.29 is 4.42 Å². The topological polar surface area (TPSA) is 78.1 Å². The number of nitrogen functional groups attached to an aromatic ring is 2. The molecule has 1 aromatic carbocycles. The quantitative estimate of drug-likeness (QED) is 0.670. The van der Waals surface area contributed by atoms with Crippen molar-refractivity contribution >= 4 is 11.7 Å². The Hall–Kier alpha value is -1.97. The van der Waals surface area contributed by atoms with Crippen LogP contribution < -0.4 is 11.5 Å². The predicted octanol–water partition coefficient (Wildman–Crippen LogP) is 1.81. The molecule has 0 fully saturated rings. The lowest BCUT2D eigenvalue weighted by Gasteiger charge is -2.00. The van der Waals surface area contributed by atoms with Gasteiger partial charge in [-0.1, -0.05) is 18.2 Å². The van der Waals surface area contributed by atoms with Crippen molar-refractivity contribution in [1.29, 1.82) is 0 Å². The largest absolute Gasteiger partial charge is 0.429 e. The number of para-hydroxylation sites is 1. The molecule has 4 heteroatoms. The summed E-state index contributed by atoms with van der Waals surface area (Å²) in [5, 5.41) is 0. The van der Waals surface area contributed by atoms with Crippen LogP contribution >= 0.6 is 0 Å². The van der Waals surface area contributed by atoms with E-state index in [4.69, 9.17) is 15.9 Å². The van der Waals surface area contributed by atoms with Crippen LogP contribution in [0.5, 0.6) is 0 Å². The van der Waals surface area contributed by atoms with Gasteiger partial charge in [-0.25, -0.2) is 0 Å². The molecule has 0 bridgehead atoms. The third-order valence-electron chi connectivity index (χ3n) is 2.03. The molecule has 0 unspecified atom stereocenters. The minimum Gasteiger partial charge on any atom is -0.429 e. The molecule has 2 aromatic rings. The summed E-state index contributed by atoms with van der Waals surface area (Å²) in [5.74, 6) is 0.681. The number of oxazole rings is 1. The average molecular weight is 189 g/mol. The van der Waals surface area contributed by atoms with E-state index >= 15 is 0 Å². The Bertz CT molecular complexity index is 462. The summed E-state index contributed by atoms with van der Waals surface area (Å²) in [6.45, 7) is 1.81. The Morgan fingerprint density at radius 2 is 1.93 bits per heavy atom. The van der Waals surface area contributed by atoms with Crippen LogP contribution in [0, 0.1) is 6.92 Å². The number of nitrogens with zero attached hydrogens (tertiary/aromatic N) is 1. The maximum atomic E-state index is 5.81. The van der Waals surface area contributed by atoms with Crippen molar-refractivity contribution in [2.45, 2.75) is 6.92 Å². The highest BCUT2D eigenvalue weighted by molar-refractivity contribution is 5.75. The minimum atomic E-state index is 0.167. The summed E-state index contributed by atoms with van der Waals surface area (Å²) < 4.78 is 5.14. The lowest BCUT2D eigenvalue weighted by molar-refractivity contribution is 0.549. The molecular formula is C10H11N3O. The molecule has 0 saturated heterocycles. The van der Waals surface area contributed by atoms with Crippen molar-refractivity contribution in [2.24, 2.45) is 0 Å². The zero-order chi connectivity index (χ0) is 10.1. The highest BCUT2D eigenvalue weighted by atomic mass is 16.4. The first-order valence-corrected chi connectivity index (χ1v) is 4.26. The van der Waals surface area contributed by atoms with Gasteiger partial charge < -0.3 is 15.9 Å². The fraction of sp³-hybridized carbons (Fsp3) is 0.100. The van der Waals surface area contributed by atoms with E-state index < -0.39 is 0 Å². The van der Waals surface area contributed by atoms with E-state index in [0.29, 0.717) is 17.1 Å². The smallest absolute Gasteiger partial charge is 0.292 e. The normalized spacial score (nSPS) is 10.4. The molecule has 0 amide bonds. The fourth-order valence-electron chi connectivity index (χ4n) is 1.38. The van der Waals surface area contributed by atoms with Gasteiger partial charge in [0, 0.05) is 11.3 Å². The number of benzene rings is 1. The number of aromatic nitrogens is 1. The fourth-order valence-corrected chi connectivity index (χ4v) is 1.38. The van der Waals surface area contributed by atoms with Crippen LogP contribution in [0.1, 0.15) is 5.76 Å². The van der Waals surface area contributed by atoms with Gasteiger partial charge in [-0.05, 0) is 13.0 Å². The molecule has 0 aliphatic heterocycles. The predicted molar refractivity (Wildman–Crippen MR) is 55.5 cm³/mol. The van der Waals surface area contributed by atoms with Gasteiger partial charge in [0.05, 0.1) is 0 Å². The van der Waals surface area contributed by atoms with E-state index in [1.54, 1.807) is 0 Å². The van der Waals surface area contributed by atoms with Crippen molar-refractivity contribution in [1.82, 2.24) is 4.98 Å². The van der Waals surface area contributed by atoms with Gasteiger partial charge in [0.15, 0.2) is 0 Å². The molecular weight excluding hydrogens is 178 g/mol. The molecule has 2 rings (SSSR count). The van der Waals surface area contributed by atoms with E-state index in [1.807, 2.05) is 31.2 Å². The van der Waals surface area contributed by atoms with Gasteiger partial charge in [0.2, 0.25) is 0 Å². The molecule has 0 spiro atoms. The number of nitrogens with two attached hydrogens (primary N) is 2. The number of rotatable bonds is 1. The van der Waals surface area contributed by atoms with Crippen molar-refractivity contribution in [2.75, 3.05) is 11.5 Å². The highest BCUT2D eigenvalue weighted by Gasteiger charge is 2.11. The first-order chi connectivity index (χ1) is 6.68. The zero-order valence-corrected chi connectivity index (χ0v) is 7.82. The molecule has 14 heavy (non-hydrogen) atoms. The lowest BCUT2D eigenvalue weighted by atomic mass is 10.1. The molecule has 0 aliphatic rings. The van der Waals surface area contributed by atoms with Crippen LogP contribution in [-0.4, -0.2) is 4.98 Å². The molecule has 0 aliphatic carbocycles. The second-order valence-corrected chi connectivity index (χ2v) is 3.04. The summed E-state index contributed by atoms with van der Waals surface area (Å²) in [5.41, 5.74) is 13.5. The molecule has 0 saturated carbocycles. The van der Waals surface area contributed by atoms with Crippen molar-refractivity contribution in [3.05, 3.63) is 30.0 Å². The standard InChI is InChI=1S/C10H11N3O/c1-6-9(13-10(12)14-6)7-4-2-3-5-8(7)11/h2-5H,11H2,1H3,(H2,12,13). The third kappa shape index (κ3) is 1.31. The Labute approximate surface area is 81.5 Å². The number of hydrogen-bond donors (Lipinski definition) is 2. The number of anilines is 2. The van der Waals surface area contributed by atoms with Gasteiger partial charge in [-0.3, -0.25) is 0 Å². The van der Waals surface area contributed by atoms with Crippen LogP contribution in [0.4, 0.5) is 11.7 Å². The summed E-state index contributed by atoms with van der Waals surface area (Å²) in [4.78, 5) is 4.07. The van der Waals surface area contributed by atoms with Crippen LogP contribution in [-0.2, 0) is 0 Å². The monoisotopic (exact) mass is 189 g/mol. The molecule has 1 aromatic heterocycles. The van der Waals surface area contributed by atoms with E-state index in [-0.39, 0.29) is 6.01 Å². The maximum absolute atomic E-state index is 5.81. The van der Waals surface area contributed by atoms with Crippen LogP contribution in [0.15, 0.2) is 28.7 Å². The number of aryl methyl sites for hydroxylation is 1. The second kappa shape index (κ2) is 3.06. The Morgan fingerprint density at radius 3 is 2.50 bits per heavy atom. The highest BCUT2D eigenvalue weighted by Crippen LogP contribution is 2.28. The van der Waals surface area contributed by atoms with Crippen LogP contribution in [0.2, 0.25) is 0 Å². The Morgan fingerprint density at radius 1 is 1.21 bits per heavy atom. The first kappa shape index (κ1) is 8.62. The minimum absolute atomic E-state index is 0.167. The Kier molecular flexibility index (Phi) is 1.89. The first-order valence-electron chi connectivity index (χ1n) is 4.26. The summed E-state index contributed by atoms with van der Waals surface area (Å²) >= 11 is 0. The molecule has 72 valence electrons.